The van der Waals surface area contributed by atoms with Gasteiger partial charge in [0.1, 0.15) is 5.60 Å². The van der Waals surface area contributed by atoms with E-state index >= 15 is 0 Å². The summed E-state index contributed by atoms with van der Waals surface area (Å²) >= 11 is 0. The van der Waals surface area contributed by atoms with Gasteiger partial charge in [0.25, 0.3) is 6.43 Å². The number of halogens is 2. The number of alkyl halides is 2. The molecule has 2 saturated carbocycles. The molecule has 0 spiro atoms. The summed E-state index contributed by atoms with van der Waals surface area (Å²) in [6.07, 6.45) is -1.02. The standard InChI is InChI=1S/C9H13F2NO/c10-8(11)9(13)5-1-4-3-12-7(9)6(4)2-5/h4-8,12-13H,1-3H2. The van der Waals surface area contributed by atoms with Crippen molar-refractivity contribution in [2.24, 2.45) is 17.8 Å². The molecule has 3 rings (SSSR count). The van der Waals surface area contributed by atoms with E-state index in [4.69, 9.17) is 0 Å². The van der Waals surface area contributed by atoms with E-state index in [1.807, 2.05) is 0 Å². The van der Waals surface area contributed by atoms with Crippen molar-refractivity contribution in [1.82, 2.24) is 5.32 Å². The summed E-state index contributed by atoms with van der Waals surface area (Å²) in [6.45, 7) is 0.820. The van der Waals surface area contributed by atoms with E-state index in [-0.39, 0.29) is 12.0 Å². The largest absolute Gasteiger partial charge is 0.382 e. The Bertz CT molecular complexity index is 246. The number of nitrogens with one attached hydrogen (secondary N) is 1. The third kappa shape index (κ3) is 0.749. The summed E-state index contributed by atoms with van der Waals surface area (Å²) < 4.78 is 25.5. The van der Waals surface area contributed by atoms with Crippen LogP contribution in [0.15, 0.2) is 0 Å². The van der Waals surface area contributed by atoms with Crippen LogP contribution in [0.5, 0.6) is 0 Å². The van der Waals surface area contributed by atoms with Gasteiger partial charge in [0, 0.05) is 6.04 Å². The molecule has 2 nitrogen and oxygen atoms in total. The molecule has 0 amide bonds. The van der Waals surface area contributed by atoms with Crippen molar-refractivity contribution < 1.29 is 13.9 Å². The molecule has 4 heteroatoms. The highest BCUT2D eigenvalue weighted by Crippen LogP contribution is 2.58. The Labute approximate surface area is 75.3 Å². The van der Waals surface area contributed by atoms with Gasteiger partial charge in [0.05, 0.1) is 0 Å². The van der Waals surface area contributed by atoms with E-state index in [0.29, 0.717) is 11.8 Å². The third-order valence-electron chi connectivity index (χ3n) is 4.28. The lowest BCUT2D eigenvalue weighted by Crippen LogP contribution is -2.55. The monoisotopic (exact) mass is 189 g/mol. The van der Waals surface area contributed by atoms with Crippen LogP contribution in [0.1, 0.15) is 12.8 Å². The highest BCUT2D eigenvalue weighted by atomic mass is 19.3. The van der Waals surface area contributed by atoms with Gasteiger partial charge >= 0.3 is 0 Å². The number of fused-ring (bicyclic) bond motifs is 1. The Balaban J connectivity index is 2.00. The van der Waals surface area contributed by atoms with Crippen molar-refractivity contribution in [3.63, 3.8) is 0 Å². The molecule has 0 aromatic rings. The Morgan fingerprint density at radius 1 is 1.38 bits per heavy atom. The van der Waals surface area contributed by atoms with Gasteiger partial charge in [-0.15, -0.1) is 0 Å². The van der Waals surface area contributed by atoms with Gasteiger partial charge in [-0.25, -0.2) is 8.78 Å². The van der Waals surface area contributed by atoms with E-state index in [1.165, 1.54) is 0 Å². The molecule has 13 heavy (non-hydrogen) atoms. The predicted octanol–water partition coefficient (Wildman–Crippen LogP) is 0.610. The van der Waals surface area contributed by atoms with Gasteiger partial charge in [-0.05, 0) is 37.1 Å². The second-order valence-electron chi connectivity index (χ2n) is 4.67. The van der Waals surface area contributed by atoms with Gasteiger partial charge < -0.3 is 10.4 Å². The lowest BCUT2D eigenvalue weighted by Gasteiger charge is -2.36. The zero-order valence-corrected chi connectivity index (χ0v) is 7.21. The lowest BCUT2D eigenvalue weighted by atomic mass is 9.78. The molecule has 0 radical (unpaired) electrons. The molecule has 2 N–H and O–H groups in total. The summed E-state index contributed by atoms with van der Waals surface area (Å²) in [5.74, 6) is 0.695. The van der Waals surface area contributed by atoms with Crippen LogP contribution in [0.25, 0.3) is 0 Å². The summed E-state index contributed by atoms with van der Waals surface area (Å²) in [7, 11) is 0. The van der Waals surface area contributed by atoms with E-state index < -0.39 is 12.0 Å². The molecule has 5 unspecified atom stereocenters. The van der Waals surface area contributed by atoms with Gasteiger partial charge in [-0.3, -0.25) is 0 Å². The SMILES string of the molecule is OC1(C(F)F)C2CC3CNC1C3C2. The number of hydrogen-bond donors (Lipinski definition) is 2. The molecule has 2 bridgehead atoms. The van der Waals surface area contributed by atoms with Crippen LogP contribution in [0.3, 0.4) is 0 Å². The van der Waals surface area contributed by atoms with Gasteiger partial charge in [0.15, 0.2) is 0 Å². The minimum Gasteiger partial charge on any atom is -0.382 e. The fourth-order valence-corrected chi connectivity index (χ4v) is 3.68. The zero-order valence-electron chi connectivity index (χ0n) is 7.21. The molecule has 5 atom stereocenters. The number of hydrogen-bond acceptors (Lipinski definition) is 2. The minimum atomic E-state index is -2.60. The topological polar surface area (TPSA) is 32.3 Å². The second-order valence-corrected chi connectivity index (χ2v) is 4.67. The summed E-state index contributed by atoms with van der Waals surface area (Å²) in [5.41, 5.74) is -1.72. The molecule has 74 valence electrons. The Morgan fingerprint density at radius 2 is 2.15 bits per heavy atom. The Kier molecular flexibility index (Phi) is 1.39. The molecular formula is C9H13F2NO. The molecular weight excluding hydrogens is 176 g/mol. The highest BCUT2D eigenvalue weighted by Gasteiger charge is 2.67. The summed E-state index contributed by atoms with van der Waals surface area (Å²) in [4.78, 5) is 0. The van der Waals surface area contributed by atoms with E-state index in [1.54, 1.807) is 0 Å². The Hall–Kier alpha value is -0.220. The zero-order chi connectivity index (χ0) is 9.22. The Morgan fingerprint density at radius 3 is 2.85 bits per heavy atom. The smallest absolute Gasteiger partial charge is 0.268 e. The van der Waals surface area contributed by atoms with Gasteiger partial charge in [-0.2, -0.15) is 0 Å². The van der Waals surface area contributed by atoms with Crippen molar-refractivity contribution in [3.8, 4) is 0 Å². The van der Waals surface area contributed by atoms with Crippen LogP contribution in [-0.2, 0) is 0 Å². The molecule has 2 aliphatic carbocycles. The predicted molar refractivity (Wildman–Crippen MR) is 42.4 cm³/mol. The van der Waals surface area contributed by atoms with E-state index in [0.717, 1.165) is 19.4 Å². The normalized spacial score (nSPS) is 58.2. The first-order chi connectivity index (χ1) is 6.14. The molecule has 1 heterocycles. The number of rotatable bonds is 1. The molecule has 0 aromatic carbocycles. The third-order valence-corrected chi connectivity index (χ3v) is 4.28. The maximum absolute atomic E-state index is 12.7. The van der Waals surface area contributed by atoms with Crippen LogP contribution in [0.4, 0.5) is 8.78 Å². The lowest BCUT2D eigenvalue weighted by molar-refractivity contribution is -0.139. The first-order valence-electron chi connectivity index (χ1n) is 4.88. The van der Waals surface area contributed by atoms with Gasteiger partial charge in [-0.1, -0.05) is 0 Å². The molecule has 3 fully saturated rings. The van der Waals surface area contributed by atoms with Crippen molar-refractivity contribution in [1.29, 1.82) is 0 Å². The first-order valence-corrected chi connectivity index (χ1v) is 4.88. The quantitative estimate of drug-likeness (QED) is 0.633. The molecule has 0 aromatic heterocycles. The van der Waals surface area contributed by atoms with Crippen LogP contribution < -0.4 is 5.32 Å². The van der Waals surface area contributed by atoms with Crippen molar-refractivity contribution in [2.75, 3.05) is 6.54 Å². The maximum atomic E-state index is 12.7. The van der Waals surface area contributed by atoms with E-state index in [9.17, 15) is 13.9 Å². The molecule has 1 aliphatic heterocycles. The average Bonchev–Trinajstić information content (AvgIpc) is 2.61. The van der Waals surface area contributed by atoms with E-state index in [2.05, 4.69) is 5.32 Å². The highest BCUT2D eigenvalue weighted by molar-refractivity contribution is 5.18. The van der Waals surface area contributed by atoms with Crippen LogP contribution in [0, 0.1) is 17.8 Å². The van der Waals surface area contributed by atoms with Crippen LogP contribution >= 0.6 is 0 Å². The second kappa shape index (κ2) is 2.23. The van der Waals surface area contributed by atoms with Crippen molar-refractivity contribution in [3.05, 3.63) is 0 Å². The fraction of sp³-hybridized carbons (Fsp3) is 1.00. The van der Waals surface area contributed by atoms with Crippen LogP contribution in [0.2, 0.25) is 0 Å². The van der Waals surface area contributed by atoms with Crippen molar-refractivity contribution in [2.45, 2.75) is 30.9 Å². The van der Waals surface area contributed by atoms with Crippen molar-refractivity contribution >= 4 is 0 Å². The average molecular weight is 189 g/mol. The summed E-state index contributed by atoms with van der Waals surface area (Å²) in [5, 5.41) is 13.0. The number of aliphatic hydroxyl groups is 1. The van der Waals surface area contributed by atoms with Gasteiger partial charge in [0.2, 0.25) is 0 Å². The molecule has 1 saturated heterocycles. The maximum Gasteiger partial charge on any atom is 0.268 e. The fourth-order valence-electron chi connectivity index (χ4n) is 3.68. The van der Waals surface area contributed by atoms with Crippen LogP contribution in [-0.4, -0.2) is 29.7 Å². The first kappa shape index (κ1) is 8.12. The minimum absolute atomic E-state index is 0.164. The summed E-state index contributed by atoms with van der Waals surface area (Å²) in [6, 6.07) is -0.337. The molecule has 3 aliphatic rings.